The highest BCUT2D eigenvalue weighted by Crippen LogP contribution is 2.29. The quantitative estimate of drug-likeness (QED) is 0.372. The number of hydrogen-bond donors (Lipinski definition) is 1. The number of rotatable bonds is 6. The standard InChI is InChI=1S/C21H21N5OS2/c1-14(20-23-16-10-6-7-11-18(16)29-20)25(2)19(27)13-28-21-24-17(12-26(21)22)15-8-4-3-5-9-15/h3-12,14H,13,22H2,1-2H3/t14-/m0/s1. The maximum atomic E-state index is 12.7. The van der Waals surface area contributed by atoms with Crippen LogP contribution in [0.25, 0.3) is 21.5 Å². The van der Waals surface area contributed by atoms with Gasteiger partial charge in [-0.2, -0.15) is 0 Å². The lowest BCUT2D eigenvalue weighted by Crippen LogP contribution is -2.31. The highest BCUT2D eigenvalue weighted by atomic mass is 32.2. The number of amides is 1. The number of imidazole rings is 1. The molecule has 0 aliphatic carbocycles. The summed E-state index contributed by atoms with van der Waals surface area (Å²) in [6, 6.07) is 17.7. The van der Waals surface area contributed by atoms with Gasteiger partial charge in [0, 0.05) is 12.6 Å². The number of aromatic nitrogens is 3. The van der Waals surface area contributed by atoms with Crippen molar-refractivity contribution >= 4 is 39.2 Å². The number of benzene rings is 2. The topological polar surface area (TPSA) is 77.0 Å². The second-order valence-electron chi connectivity index (χ2n) is 6.67. The molecule has 0 unspecified atom stereocenters. The molecule has 2 aromatic carbocycles. The number of hydrogen-bond acceptors (Lipinski definition) is 6. The van der Waals surface area contributed by atoms with Crippen LogP contribution in [0.5, 0.6) is 0 Å². The third-order valence-corrected chi connectivity index (χ3v) is 6.89. The van der Waals surface area contributed by atoms with Gasteiger partial charge in [-0.1, -0.05) is 54.2 Å². The van der Waals surface area contributed by atoms with E-state index in [1.165, 1.54) is 16.4 Å². The van der Waals surface area contributed by atoms with Crippen molar-refractivity contribution in [3.63, 3.8) is 0 Å². The van der Waals surface area contributed by atoms with Crippen LogP contribution in [-0.2, 0) is 4.79 Å². The lowest BCUT2D eigenvalue weighted by atomic mass is 10.2. The van der Waals surface area contributed by atoms with Gasteiger partial charge in [-0.3, -0.25) is 4.79 Å². The molecule has 2 aromatic heterocycles. The Morgan fingerprint density at radius 1 is 1.17 bits per heavy atom. The van der Waals surface area contributed by atoms with E-state index < -0.39 is 0 Å². The average Bonchev–Trinajstić information content (AvgIpc) is 3.35. The summed E-state index contributed by atoms with van der Waals surface area (Å²) in [5.74, 6) is 6.30. The Bertz CT molecular complexity index is 1110. The van der Waals surface area contributed by atoms with E-state index in [1.54, 1.807) is 22.4 Å². The van der Waals surface area contributed by atoms with E-state index in [0.717, 1.165) is 26.5 Å². The van der Waals surface area contributed by atoms with E-state index in [9.17, 15) is 4.79 Å². The Hall–Kier alpha value is -2.84. The fourth-order valence-corrected chi connectivity index (χ4v) is 4.79. The van der Waals surface area contributed by atoms with Gasteiger partial charge in [0.1, 0.15) is 5.01 Å². The molecule has 0 spiro atoms. The molecule has 1 atom stereocenters. The summed E-state index contributed by atoms with van der Waals surface area (Å²) in [4.78, 5) is 23.7. The first-order chi connectivity index (χ1) is 14.0. The fraction of sp³-hybridized carbons (Fsp3) is 0.190. The zero-order chi connectivity index (χ0) is 20.4. The molecule has 29 heavy (non-hydrogen) atoms. The Morgan fingerprint density at radius 2 is 1.90 bits per heavy atom. The summed E-state index contributed by atoms with van der Waals surface area (Å²) in [6.07, 6.45) is 1.77. The number of para-hydroxylation sites is 1. The average molecular weight is 424 g/mol. The number of nitrogen functional groups attached to an aromatic ring is 1. The van der Waals surface area contributed by atoms with E-state index in [1.807, 2.05) is 68.6 Å². The second-order valence-corrected chi connectivity index (χ2v) is 8.68. The Balaban J connectivity index is 1.42. The van der Waals surface area contributed by atoms with Crippen LogP contribution in [0.4, 0.5) is 0 Å². The third-order valence-electron chi connectivity index (χ3n) is 4.73. The van der Waals surface area contributed by atoms with Crippen LogP contribution in [0.15, 0.2) is 66.0 Å². The zero-order valence-electron chi connectivity index (χ0n) is 16.1. The number of fused-ring (bicyclic) bond motifs is 1. The van der Waals surface area contributed by atoms with Gasteiger partial charge in [-0.25, -0.2) is 14.6 Å². The van der Waals surface area contributed by atoms with E-state index in [2.05, 4.69) is 9.97 Å². The maximum Gasteiger partial charge on any atom is 0.233 e. The normalized spacial score (nSPS) is 12.2. The van der Waals surface area contributed by atoms with Crippen molar-refractivity contribution in [2.45, 2.75) is 18.1 Å². The number of carbonyl (C=O) groups is 1. The first-order valence-corrected chi connectivity index (χ1v) is 11.0. The summed E-state index contributed by atoms with van der Waals surface area (Å²) in [5, 5.41) is 1.54. The third kappa shape index (κ3) is 4.13. The second kappa shape index (κ2) is 8.26. The van der Waals surface area contributed by atoms with Gasteiger partial charge in [0.05, 0.1) is 33.9 Å². The Labute approximate surface area is 177 Å². The molecule has 0 aliphatic rings. The van der Waals surface area contributed by atoms with E-state index >= 15 is 0 Å². The lowest BCUT2D eigenvalue weighted by Gasteiger charge is -2.23. The van der Waals surface area contributed by atoms with E-state index in [-0.39, 0.29) is 17.7 Å². The summed E-state index contributed by atoms with van der Waals surface area (Å²) < 4.78 is 2.60. The van der Waals surface area contributed by atoms with E-state index in [0.29, 0.717) is 5.16 Å². The fourth-order valence-electron chi connectivity index (χ4n) is 2.91. The van der Waals surface area contributed by atoms with Crippen molar-refractivity contribution in [2.75, 3.05) is 18.6 Å². The molecule has 0 bridgehead atoms. The molecule has 2 heterocycles. The largest absolute Gasteiger partial charge is 0.337 e. The minimum Gasteiger partial charge on any atom is -0.337 e. The monoisotopic (exact) mass is 423 g/mol. The molecule has 2 N–H and O–H groups in total. The van der Waals surface area contributed by atoms with Crippen LogP contribution >= 0.6 is 23.1 Å². The summed E-state index contributed by atoms with van der Waals surface area (Å²) in [6.45, 7) is 2.00. The molecule has 8 heteroatoms. The van der Waals surface area contributed by atoms with Crippen molar-refractivity contribution in [3.8, 4) is 11.3 Å². The smallest absolute Gasteiger partial charge is 0.233 e. The van der Waals surface area contributed by atoms with Crippen molar-refractivity contribution in [1.82, 2.24) is 19.5 Å². The van der Waals surface area contributed by atoms with Crippen molar-refractivity contribution in [3.05, 3.63) is 65.8 Å². The highest BCUT2D eigenvalue weighted by molar-refractivity contribution is 7.99. The maximum absolute atomic E-state index is 12.7. The van der Waals surface area contributed by atoms with Crippen molar-refractivity contribution in [1.29, 1.82) is 0 Å². The van der Waals surface area contributed by atoms with Gasteiger partial charge >= 0.3 is 0 Å². The van der Waals surface area contributed by atoms with Gasteiger partial charge in [-0.15, -0.1) is 11.3 Å². The number of nitrogens with zero attached hydrogens (tertiary/aromatic N) is 4. The molecule has 4 rings (SSSR count). The molecular weight excluding hydrogens is 402 g/mol. The highest BCUT2D eigenvalue weighted by Gasteiger charge is 2.21. The minimum atomic E-state index is -0.0991. The van der Waals surface area contributed by atoms with Crippen molar-refractivity contribution < 1.29 is 4.79 Å². The predicted molar refractivity (Wildman–Crippen MR) is 119 cm³/mol. The molecule has 0 saturated heterocycles. The SMILES string of the molecule is C[C@@H](c1nc2ccccc2s1)N(C)C(=O)CSc1nc(-c2ccccc2)cn1N. The van der Waals surface area contributed by atoms with Crippen LogP contribution in [0.1, 0.15) is 18.0 Å². The molecule has 148 valence electrons. The van der Waals surface area contributed by atoms with Gasteiger partial charge in [0.2, 0.25) is 5.91 Å². The summed E-state index contributed by atoms with van der Waals surface area (Å²) >= 11 is 2.96. The molecule has 6 nitrogen and oxygen atoms in total. The van der Waals surface area contributed by atoms with Gasteiger partial charge in [-0.05, 0) is 19.1 Å². The first-order valence-electron chi connectivity index (χ1n) is 9.16. The van der Waals surface area contributed by atoms with Gasteiger partial charge < -0.3 is 10.7 Å². The van der Waals surface area contributed by atoms with Crippen molar-refractivity contribution in [2.24, 2.45) is 0 Å². The summed E-state index contributed by atoms with van der Waals surface area (Å²) in [5.41, 5.74) is 2.75. The number of nitrogens with two attached hydrogens (primary N) is 1. The molecule has 0 saturated carbocycles. The number of thioether (sulfide) groups is 1. The van der Waals surface area contributed by atoms with Gasteiger partial charge in [0.15, 0.2) is 5.16 Å². The number of carbonyl (C=O) groups excluding carboxylic acids is 1. The van der Waals surface area contributed by atoms with Crippen LogP contribution in [0, 0.1) is 0 Å². The molecule has 0 fully saturated rings. The molecule has 0 radical (unpaired) electrons. The van der Waals surface area contributed by atoms with Gasteiger partial charge in [0.25, 0.3) is 0 Å². The van der Waals surface area contributed by atoms with Crippen LogP contribution < -0.4 is 5.84 Å². The molecule has 4 aromatic rings. The number of thiazole rings is 1. The molecule has 0 aliphatic heterocycles. The molecular formula is C21H21N5OS2. The Morgan fingerprint density at radius 3 is 2.66 bits per heavy atom. The van der Waals surface area contributed by atoms with Crippen LogP contribution in [-0.4, -0.2) is 38.3 Å². The zero-order valence-corrected chi connectivity index (χ0v) is 17.8. The molecule has 1 amide bonds. The van der Waals surface area contributed by atoms with Crippen LogP contribution in [0.2, 0.25) is 0 Å². The minimum absolute atomic E-state index is 0.00557. The lowest BCUT2D eigenvalue weighted by molar-refractivity contribution is -0.128. The van der Waals surface area contributed by atoms with E-state index in [4.69, 9.17) is 5.84 Å². The van der Waals surface area contributed by atoms with Crippen LogP contribution in [0.3, 0.4) is 0 Å². The predicted octanol–water partition coefficient (Wildman–Crippen LogP) is 4.19. The Kier molecular flexibility index (Phi) is 5.55. The first kappa shape index (κ1) is 19.5. The summed E-state index contributed by atoms with van der Waals surface area (Å²) in [7, 11) is 1.81.